The van der Waals surface area contributed by atoms with Crippen molar-refractivity contribution >= 4 is 17.5 Å². The highest BCUT2D eigenvalue weighted by Gasteiger charge is 2.38. The molecule has 0 saturated carbocycles. The predicted molar refractivity (Wildman–Crippen MR) is 115 cm³/mol. The van der Waals surface area contributed by atoms with E-state index in [1.54, 1.807) is 0 Å². The van der Waals surface area contributed by atoms with Crippen molar-refractivity contribution < 1.29 is 32.9 Å². The largest absolute Gasteiger partial charge is 0.397 e. The van der Waals surface area contributed by atoms with Crippen molar-refractivity contribution in [1.29, 1.82) is 0 Å². The van der Waals surface area contributed by atoms with Crippen LogP contribution >= 0.6 is 11.8 Å². The normalized spacial score (nSPS) is 23.9. The highest BCUT2D eigenvalue weighted by atomic mass is 32.2. The van der Waals surface area contributed by atoms with Crippen molar-refractivity contribution in [2.24, 2.45) is 5.73 Å². The van der Waals surface area contributed by atoms with E-state index in [9.17, 15) is 23.4 Å². The van der Waals surface area contributed by atoms with E-state index in [1.807, 2.05) is 32.0 Å². The summed E-state index contributed by atoms with van der Waals surface area (Å²) in [6.45, 7) is 3.71. The standard InChI is InChI=1S/C22H25F3N2O4S/c1-11-3-4-14(5-12(11)2)32-22-18(30-21(29)19(10-28)31-22)9-27-8-17(26)13-6-15(23)20(25)16(24)7-13/h3-8,18-19,21-22,27-29H,9-10,26H2,1-2H3/b17-8-/t18-,19?,21?,22?/m0/s1. The molecular weight excluding hydrogens is 445 g/mol. The molecule has 0 aromatic heterocycles. The maximum atomic E-state index is 13.4. The molecular formula is C22H25F3N2O4S. The average Bonchev–Trinajstić information content (AvgIpc) is 2.75. The van der Waals surface area contributed by atoms with Crippen LogP contribution in [0.3, 0.4) is 0 Å². The quantitative estimate of drug-likeness (QED) is 0.462. The molecule has 0 aliphatic carbocycles. The Balaban J connectivity index is 1.71. The molecule has 0 amide bonds. The first-order valence-corrected chi connectivity index (χ1v) is 10.7. The van der Waals surface area contributed by atoms with Crippen LogP contribution in [0.25, 0.3) is 5.70 Å². The minimum absolute atomic E-state index is 0.0216. The topological polar surface area (TPSA) is 97.0 Å². The maximum Gasteiger partial charge on any atom is 0.194 e. The molecule has 2 aromatic carbocycles. The molecule has 0 bridgehead atoms. The molecule has 174 valence electrons. The van der Waals surface area contributed by atoms with Gasteiger partial charge >= 0.3 is 0 Å². The summed E-state index contributed by atoms with van der Waals surface area (Å²) >= 11 is 1.38. The van der Waals surface area contributed by atoms with E-state index in [1.165, 1.54) is 18.0 Å². The van der Waals surface area contributed by atoms with Crippen LogP contribution in [0.1, 0.15) is 16.7 Å². The Morgan fingerprint density at radius 2 is 1.78 bits per heavy atom. The highest BCUT2D eigenvalue weighted by molar-refractivity contribution is 7.99. The summed E-state index contributed by atoms with van der Waals surface area (Å²) in [6.07, 6.45) is -1.58. The second-order valence-electron chi connectivity index (χ2n) is 7.42. The number of ether oxygens (including phenoxy) is 2. The third-order valence-corrected chi connectivity index (χ3v) is 6.22. The Labute approximate surface area is 188 Å². The summed E-state index contributed by atoms with van der Waals surface area (Å²) in [5.74, 6) is -4.26. The van der Waals surface area contributed by atoms with Crippen LogP contribution in [0, 0.1) is 31.3 Å². The predicted octanol–water partition coefficient (Wildman–Crippen LogP) is 2.78. The first-order chi connectivity index (χ1) is 15.2. The monoisotopic (exact) mass is 470 g/mol. The average molecular weight is 471 g/mol. The van der Waals surface area contributed by atoms with E-state index in [2.05, 4.69) is 5.32 Å². The van der Waals surface area contributed by atoms with Crippen LogP contribution in [0.5, 0.6) is 0 Å². The number of rotatable bonds is 7. The molecule has 4 atom stereocenters. The lowest BCUT2D eigenvalue weighted by Gasteiger charge is -2.38. The summed E-state index contributed by atoms with van der Waals surface area (Å²) in [4.78, 5) is 0.923. The van der Waals surface area contributed by atoms with E-state index in [4.69, 9.17) is 15.2 Å². The molecule has 1 saturated heterocycles. The first-order valence-electron chi connectivity index (χ1n) is 9.87. The summed E-state index contributed by atoms with van der Waals surface area (Å²) in [7, 11) is 0. The fraction of sp³-hybridized carbons (Fsp3) is 0.364. The van der Waals surface area contributed by atoms with E-state index in [-0.39, 0.29) is 17.8 Å². The molecule has 1 aliphatic heterocycles. The van der Waals surface area contributed by atoms with E-state index >= 15 is 0 Å². The number of nitrogens with one attached hydrogen (secondary N) is 1. The van der Waals surface area contributed by atoms with Gasteiger partial charge in [0.1, 0.15) is 17.6 Å². The second kappa shape index (κ2) is 10.6. The van der Waals surface area contributed by atoms with Crippen LogP contribution in [0.4, 0.5) is 13.2 Å². The minimum Gasteiger partial charge on any atom is -0.397 e. The smallest absolute Gasteiger partial charge is 0.194 e. The zero-order valence-electron chi connectivity index (χ0n) is 17.5. The zero-order chi connectivity index (χ0) is 23.4. The highest BCUT2D eigenvalue weighted by Crippen LogP contribution is 2.33. The maximum absolute atomic E-state index is 13.4. The molecule has 10 heteroatoms. The fourth-order valence-corrected chi connectivity index (χ4v) is 4.22. The number of benzene rings is 2. The second-order valence-corrected chi connectivity index (χ2v) is 8.59. The number of hydrogen-bond donors (Lipinski definition) is 4. The summed E-state index contributed by atoms with van der Waals surface area (Å²) in [5.41, 5.74) is 7.47. The molecule has 3 unspecified atom stereocenters. The van der Waals surface area contributed by atoms with Gasteiger partial charge in [0.15, 0.2) is 23.7 Å². The lowest BCUT2D eigenvalue weighted by Crippen LogP contribution is -2.52. The van der Waals surface area contributed by atoms with Gasteiger partial charge in [-0.3, -0.25) is 0 Å². The molecule has 1 aliphatic rings. The molecule has 6 nitrogen and oxygen atoms in total. The zero-order valence-corrected chi connectivity index (χ0v) is 18.3. The van der Waals surface area contributed by atoms with Gasteiger partial charge in [0.2, 0.25) is 0 Å². The number of hydrogen-bond acceptors (Lipinski definition) is 7. The Kier molecular flexibility index (Phi) is 8.07. The third kappa shape index (κ3) is 5.76. The van der Waals surface area contributed by atoms with Crippen LogP contribution in [-0.2, 0) is 9.47 Å². The van der Waals surface area contributed by atoms with Crippen LogP contribution in [0.15, 0.2) is 41.4 Å². The summed E-state index contributed by atoms with van der Waals surface area (Å²) in [6, 6.07) is 7.51. The number of halogens is 3. The van der Waals surface area contributed by atoms with Crippen LogP contribution < -0.4 is 11.1 Å². The van der Waals surface area contributed by atoms with Crippen molar-refractivity contribution in [3.63, 3.8) is 0 Å². The van der Waals surface area contributed by atoms with Crippen molar-refractivity contribution in [3.05, 3.63) is 70.7 Å². The Morgan fingerprint density at radius 1 is 1.09 bits per heavy atom. The van der Waals surface area contributed by atoms with Crippen LogP contribution in [0.2, 0.25) is 0 Å². The number of nitrogens with two attached hydrogens (primary N) is 1. The Morgan fingerprint density at radius 3 is 2.41 bits per heavy atom. The van der Waals surface area contributed by atoms with Gasteiger partial charge < -0.3 is 30.7 Å². The van der Waals surface area contributed by atoms with Gasteiger partial charge in [0, 0.05) is 23.2 Å². The van der Waals surface area contributed by atoms with Gasteiger partial charge in [0.25, 0.3) is 0 Å². The van der Waals surface area contributed by atoms with Gasteiger partial charge in [-0.25, -0.2) is 13.2 Å². The molecule has 1 heterocycles. The molecule has 3 rings (SSSR count). The number of aliphatic hydroxyl groups is 2. The van der Waals surface area contributed by atoms with Crippen molar-refractivity contribution in [1.82, 2.24) is 5.32 Å². The molecule has 32 heavy (non-hydrogen) atoms. The minimum atomic E-state index is -1.57. The fourth-order valence-electron chi connectivity index (χ4n) is 3.05. The molecule has 0 radical (unpaired) electrons. The van der Waals surface area contributed by atoms with Gasteiger partial charge in [-0.1, -0.05) is 17.8 Å². The van der Waals surface area contributed by atoms with Gasteiger partial charge in [0.05, 0.1) is 12.3 Å². The summed E-state index contributed by atoms with van der Waals surface area (Å²) in [5, 5.41) is 22.4. The van der Waals surface area contributed by atoms with Gasteiger partial charge in [-0.05, 0) is 49.2 Å². The van der Waals surface area contributed by atoms with Gasteiger partial charge in [-0.2, -0.15) is 0 Å². The van der Waals surface area contributed by atoms with Crippen molar-refractivity contribution in [2.45, 2.75) is 42.7 Å². The van der Waals surface area contributed by atoms with Crippen molar-refractivity contribution in [2.75, 3.05) is 13.2 Å². The lowest BCUT2D eigenvalue weighted by molar-refractivity contribution is -0.270. The third-order valence-electron chi connectivity index (χ3n) is 5.05. The number of aliphatic hydroxyl groups excluding tert-OH is 2. The van der Waals surface area contributed by atoms with E-state index in [0.29, 0.717) is 0 Å². The SMILES string of the molecule is Cc1ccc(SC2OC(CO)C(O)O[C@H]2CN/C=C(\N)c2cc(F)c(F)c(F)c2)cc1C. The Bertz CT molecular complexity index is 969. The van der Waals surface area contributed by atoms with Crippen LogP contribution in [-0.4, -0.2) is 47.3 Å². The number of thioether (sulfide) groups is 1. The van der Waals surface area contributed by atoms with E-state index in [0.717, 1.165) is 28.2 Å². The molecule has 5 N–H and O–H groups in total. The van der Waals surface area contributed by atoms with Crippen molar-refractivity contribution in [3.8, 4) is 0 Å². The molecule has 1 fully saturated rings. The molecule has 0 spiro atoms. The van der Waals surface area contributed by atoms with E-state index < -0.39 is 48.0 Å². The summed E-state index contributed by atoms with van der Waals surface area (Å²) < 4.78 is 51.4. The first kappa shape index (κ1) is 24.4. The Hall–Kier alpha value is -2.24. The van der Waals surface area contributed by atoms with Gasteiger partial charge in [-0.15, -0.1) is 0 Å². The number of aryl methyl sites for hydroxylation is 2. The molecule has 2 aromatic rings. The lowest BCUT2D eigenvalue weighted by atomic mass is 10.1.